The predicted octanol–water partition coefficient (Wildman–Crippen LogP) is 1.18. The molecule has 0 fully saturated rings. The molecule has 11 heavy (non-hydrogen) atoms. The van der Waals surface area contributed by atoms with Gasteiger partial charge < -0.3 is 6.15 Å². The first-order valence-electron chi connectivity index (χ1n) is 3.07. The topological polar surface area (TPSA) is 89.4 Å². The fourth-order valence-electron chi connectivity index (χ4n) is 0.556. The summed E-state index contributed by atoms with van der Waals surface area (Å²) in [5.74, 6) is -0.257. The summed E-state index contributed by atoms with van der Waals surface area (Å²) in [5, 5.41) is 0. The third-order valence-electron chi connectivity index (χ3n) is 1.04. The zero-order chi connectivity index (χ0) is 8.04. The van der Waals surface area contributed by atoms with E-state index in [2.05, 4.69) is 0 Å². The smallest absolute Gasteiger partial charge is 0.264 e. The molecular formula is C5H14FNO3S. The molecule has 0 amide bonds. The standard InChI is InChI=1S/C5H11FO3S.H3N/c6-4-2-1-3-5-10(7,8)9;/h1-5H2,(H,7,8,9);1H3. The Morgan fingerprint density at radius 3 is 2.09 bits per heavy atom. The lowest BCUT2D eigenvalue weighted by molar-refractivity contribution is 0.452. The van der Waals surface area contributed by atoms with Crippen LogP contribution < -0.4 is 6.15 Å². The van der Waals surface area contributed by atoms with Crippen LogP contribution in [0.2, 0.25) is 0 Å². The number of unbranched alkanes of at least 4 members (excludes halogenated alkanes) is 2. The molecule has 0 aromatic heterocycles. The Kier molecular flexibility index (Phi) is 7.92. The Morgan fingerprint density at radius 2 is 1.73 bits per heavy atom. The summed E-state index contributed by atoms with van der Waals surface area (Å²) in [7, 11) is -3.83. The van der Waals surface area contributed by atoms with Crippen molar-refractivity contribution < 1.29 is 17.4 Å². The van der Waals surface area contributed by atoms with E-state index < -0.39 is 16.8 Å². The maximum absolute atomic E-state index is 11.4. The van der Waals surface area contributed by atoms with Crippen molar-refractivity contribution in [1.29, 1.82) is 0 Å². The molecule has 70 valence electrons. The second kappa shape index (κ2) is 6.51. The first-order valence-corrected chi connectivity index (χ1v) is 4.68. The second-order valence-corrected chi connectivity index (χ2v) is 3.61. The van der Waals surface area contributed by atoms with Crippen molar-refractivity contribution in [2.24, 2.45) is 0 Å². The number of hydrogen-bond donors (Lipinski definition) is 2. The summed E-state index contributed by atoms with van der Waals surface area (Å²) in [6, 6.07) is 0. The fourth-order valence-corrected chi connectivity index (χ4v) is 1.12. The molecule has 0 aliphatic carbocycles. The van der Waals surface area contributed by atoms with E-state index in [4.69, 9.17) is 4.55 Å². The van der Waals surface area contributed by atoms with Gasteiger partial charge in [0, 0.05) is 0 Å². The fraction of sp³-hybridized carbons (Fsp3) is 1.00. The third-order valence-corrected chi connectivity index (χ3v) is 1.84. The third kappa shape index (κ3) is 12.9. The van der Waals surface area contributed by atoms with Gasteiger partial charge in [0.2, 0.25) is 0 Å². The van der Waals surface area contributed by atoms with Gasteiger partial charge >= 0.3 is 0 Å². The highest BCUT2D eigenvalue weighted by Crippen LogP contribution is 1.97. The Hall–Kier alpha value is -0.200. The van der Waals surface area contributed by atoms with Crippen molar-refractivity contribution in [2.45, 2.75) is 19.3 Å². The molecule has 0 radical (unpaired) electrons. The van der Waals surface area contributed by atoms with E-state index in [0.29, 0.717) is 19.3 Å². The van der Waals surface area contributed by atoms with E-state index in [1.165, 1.54) is 0 Å². The first-order chi connectivity index (χ1) is 4.56. The summed E-state index contributed by atoms with van der Waals surface area (Å²) >= 11 is 0. The lowest BCUT2D eigenvalue weighted by Gasteiger charge is -1.94. The van der Waals surface area contributed by atoms with Crippen molar-refractivity contribution >= 4 is 10.1 Å². The molecule has 0 unspecified atom stereocenters. The monoisotopic (exact) mass is 187 g/mol. The minimum atomic E-state index is -3.83. The zero-order valence-corrected chi connectivity index (χ0v) is 7.11. The maximum atomic E-state index is 11.4. The van der Waals surface area contributed by atoms with Crippen LogP contribution in [0.15, 0.2) is 0 Å². The second-order valence-electron chi connectivity index (χ2n) is 2.04. The Labute approximate surface area is 66.1 Å². The summed E-state index contributed by atoms with van der Waals surface area (Å²) in [6.07, 6.45) is 1.22. The number of halogens is 1. The normalized spacial score (nSPS) is 10.7. The Bertz CT molecular complexity index is 169. The Balaban J connectivity index is 0. The van der Waals surface area contributed by atoms with Gasteiger partial charge in [-0.3, -0.25) is 8.94 Å². The average molecular weight is 187 g/mol. The molecule has 0 saturated heterocycles. The molecular weight excluding hydrogens is 173 g/mol. The molecule has 0 aromatic carbocycles. The SMILES string of the molecule is N.O=S(=O)(O)CCCCCF. The zero-order valence-electron chi connectivity index (χ0n) is 6.29. The quantitative estimate of drug-likeness (QED) is 0.499. The highest BCUT2D eigenvalue weighted by Gasteiger charge is 2.02. The van der Waals surface area contributed by atoms with Gasteiger partial charge in [0.15, 0.2) is 0 Å². The van der Waals surface area contributed by atoms with Gasteiger partial charge in [0.1, 0.15) is 0 Å². The molecule has 0 bridgehead atoms. The lowest BCUT2D eigenvalue weighted by atomic mass is 10.3. The van der Waals surface area contributed by atoms with Crippen LogP contribution in [0.5, 0.6) is 0 Å². The van der Waals surface area contributed by atoms with E-state index >= 15 is 0 Å². The van der Waals surface area contributed by atoms with Crippen LogP contribution in [0.1, 0.15) is 19.3 Å². The van der Waals surface area contributed by atoms with E-state index in [-0.39, 0.29) is 11.9 Å². The molecule has 4 nitrogen and oxygen atoms in total. The first kappa shape index (κ1) is 13.4. The van der Waals surface area contributed by atoms with Crippen LogP contribution in [0, 0.1) is 0 Å². The summed E-state index contributed by atoms with van der Waals surface area (Å²) in [5.41, 5.74) is 0. The molecule has 0 heterocycles. The summed E-state index contributed by atoms with van der Waals surface area (Å²) < 4.78 is 39.7. The summed E-state index contributed by atoms with van der Waals surface area (Å²) in [4.78, 5) is 0. The van der Waals surface area contributed by atoms with Gasteiger partial charge in [-0.1, -0.05) is 0 Å². The van der Waals surface area contributed by atoms with E-state index in [1.54, 1.807) is 0 Å². The highest BCUT2D eigenvalue weighted by atomic mass is 32.2. The van der Waals surface area contributed by atoms with Crippen LogP contribution in [0.25, 0.3) is 0 Å². The molecule has 0 spiro atoms. The number of rotatable bonds is 5. The molecule has 0 saturated carbocycles. The van der Waals surface area contributed by atoms with Gasteiger partial charge in [0.05, 0.1) is 12.4 Å². The molecule has 6 heteroatoms. The van der Waals surface area contributed by atoms with Crippen LogP contribution in [0.4, 0.5) is 4.39 Å². The minimum Gasteiger partial charge on any atom is -0.344 e. The van der Waals surface area contributed by atoms with E-state index in [9.17, 15) is 12.8 Å². The number of alkyl halides is 1. The van der Waals surface area contributed by atoms with Crippen molar-refractivity contribution in [2.75, 3.05) is 12.4 Å². The maximum Gasteiger partial charge on any atom is 0.264 e. The molecule has 0 aliphatic heterocycles. The highest BCUT2D eigenvalue weighted by molar-refractivity contribution is 7.85. The number of hydrogen-bond acceptors (Lipinski definition) is 3. The van der Waals surface area contributed by atoms with Crippen LogP contribution in [-0.4, -0.2) is 25.4 Å². The van der Waals surface area contributed by atoms with E-state index in [0.717, 1.165) is 0 Å². The Morgan fingerprint density at radius 1 is 1.18 bits per heavy atom. The predicted molar refractivity (Wildman–Crippen MR) is 41.3 cm³/mol. The molecule has 4 N–H and O–H groups in total. The van der Waals surface area contributed by atoms with Crippen molar-refractivity contribution in [3.63, 3.8) is 0 Å². The minimum absolute atomic E-state index is 0. The largest absolute Gasteiger partial charge is 0.344 e. The molecule has 0 aromatic rings. The van der Waals surface area contributed by atoms with Gasteiger partial charge in [-0.15, -0.1) is 0 Å². The molecule has 0 rings (SSSR count). The van der Waals surface area contributed by atoms with Crippen LogP contribution >= 0.6 is 0 Å². The van der Waals surface area contributed by atoms with Gasteiger partial charge in [-0.25, -0.2) is 0 Å². The average Bonchev–Trinajstić information content (AvgIpc) is 1.78. The van der Waals surface area contributed by atoms with E-state index in [1.807, 2.05) is 0 Å². The van der Waals surface area contributed by atoms with Gasteiger partial charge in [0.25, 0.3) is 10.1 Å². The molecule has 0 atom stereocenters. The molecule has 0 aliphatic rings. The summed E-state index contributed by atoms with van der Waals surface area (Å²) in [6.45, 7) is -0.425. The van der Waals surface area contributed by atoms with Crippen LogP contribution in [0.3, 0.4) is 0 Å². The van der Waals surface area contributed by atoms with Crippen molar-refractivity contribution in [3.05, 3.63) is 0 Å². The van der Waals surface area contributed by atoms with Crippen molar-refractivity contribution in [1.82, 2.24) is 6.15 Å². The van der Waals surface area contributed by atoms with Gasteiger partial charge in [-0.05, 0) is 19.3 Å². The van der Waals surface area contributed by atoms with Crippen molar-refractivity contribution in [3.8, 4) is 0 Å². The lowest BCUT2D eigenvalue weighted by Crippen LogP contribution is -2.03. The van der Waals surface area contributed by atoms with Gasteiger partial charge in [-0.2, -0.15) is 8.42 Å². The van der Waals surface area contributed by atoms with Crippen LogP contribution in [-0.2, 0) is 10.1 Å².